The van der Waals surface area contributed by atoms with Crippen molar-refractivity contribution in [3.63, 3.8) is 0 Å². The molecule has 4 rings (SSSR count). The van der Waals surface area contributed by atoms with Crippen molar-refractivity contribution in [2.75, 3.05) is 20.2 Å². The Hall–Kier alpha value is -2.50. The van der Waals surface area contributed by atoms with Gasteiger partial charge in [0.05, 0.1) is 18.7 Å². The van der Waals surface area contributed by atoms with Crippen LogP contribution >= 0.6 is 0 Å². The molecular formula is C22H23NO4. The van der Waals surface area contributed by atoms with Crippen LogP contribution in [0.3, 0.4) is 0 Å². The largest absolute Gasteiger partial charge is 0.459 e. The summed E-state index contributed by atoms with van der Waals surface area (Å²) >= 11 is 0. The van der Waals surface area contributed by atoms with Gasteiger partial charge in [0.1, 0.15) is 11.5 Å². The lowest BCUT2D eigenvalue weighted by Gasteiger charge is -2.17. The van der Waals surface area contributed by atoms with Crippen molar-refractivity contribution < 1.29 is 19.1 Å². The van der Waals surface area contributed by atoms with Gasteiger partial charge in [-0.1, -0.05) is 17.7 Å². The van der Waals surface area contributed by atoms with Gasteiger partial charge < -0.3 is 9.52 Å². The minimum atomic E-state index is -0.486. The summed E-state index contributed by atoms with van der Waals surface area (Å²) in [5, 5.41) is 11.0. The molecule has 0 atom stereocenters. The molecule has 1 aromatic heterocycles. The number of carbonyl (C=O) groups is 2. The van der Waals surface area contributed by atoms with Crippen LogP contribution < -0.4 is 10.4 Å². The maximum absolute atomic E-state index is 13.0. The monoisotopic (exact) mass is 365 g/mol. The summed E-state index contributed by atoms with van der Waals surface area (Å²) in [5.74, 6) is 0.229. The molecule has 0 bridgehead atoms. The number of hydrogen-bond donors (Lipinski definition) is 1. The van der Waals surface area contributed by atoms with Gasteiger partial charge in [0.15, 0.2) is 0 Å². The third-order valence-electron chi connectivity index (χ3n) is 5.62. The van der Waals surface area contributed by atoms with Gasteiger partial charge in [-0.15, -0.1) is 0 Å². The van der Waals surface area contributed by atoms with Gasteiger partial charge in [-0.3, -0.25) is 14.5 Å². The van der Waals surface area contributed by atoms with Crippen LogP contribution in [0, 0.1) is 6.92 Å². The number of carbonyl (C=O) groups excluding carboxylic acids is 2. The summed E-state index contributed by atoms with van der Waals surface area (Å²) < 4.78 is 6.10. The minimum Gasteiger partial charge on any atom is -0.459 e. The number of furan rings is 1. The average Bonchev–Trinajstić information content (AvgIpc) is 2.96. The predicted molar refractivity (Wildman–Crippen MR) is 103 cm³/mol. The van der Waals surface area contributed by atoms with E-state index < -0.39 is 11.6 Å². The number of ketones is 2. The number of aliphatic hydroxyl groups is 1. The van der Waals surface area contributed by atoms with E-state index in [0.29, 0.717) is 46.9 Å². The van der Waals surface area contributed by atoms with E-state index >= 15 is 0 Å². The quantitative estimate of drug-likeness (QED) is 0.837. The first-order valence-electron chi connectivity index (χ1n) is 9.28. The Morgan fingerprint density at radius 2 is 1.89 bits per heavy atom. The fraction of sp³-hybridized carbons (Fsp3) is 0.364. The normalized spacial score (nSPS) is 15.5. The van der Waals surface area contributed by atoms with Crippen molar-refractivity contribution >= 4 is 23.2 Å². The van der Waals surface area contributed by atoms with Gasteiger partial charge in [0.25, 0.3) is 0 Å². The Kier molecular flexibility index (Phi) is 4.36. The van der Waals surface area contributed by atoms with E-state index in [1.165, 1.54) is 5.57 Å². The fourth-order valence-electron chi connectivity index (χ4n) is 4.10. The molecule has 1 aromatic carbocycles. The van der Waals surface area contributed by atoms with Crippen LogP contribution in [0.1, 0.15) is 51.8 Å². The van der Waals surface area contributed by atoms with Crippen LogP contribution in [0.15, 0.2) is 16.5 Å². The van der Waals surface area contributed by atoms with E-state index in [0.717, 1.165) is 23.3 Å². The molecule has 0 unspecified atom stereocenters. The molecule has 27 heavy (non-hydrogen) atoms. The fourth-order valence-corrected chi connectivity index (χ4v) is 4.10. The van der Waals surface area contributed by atoms with E-state index in [2.05, 4.69) is 13.0 Å². The molecule has 2 aliphatic rings. The molecule has 5 nitrogen and oxygen atoms in total. The smallest absolute Gasteiger partial charge is 0.237 e. The number of aliphatic hydroxyl groups excluding tert-OH is 1. The zero-order chi connectivity index (χ0) is 19.3. The van der Waals surface area contributed by atoms with Crippen molar-refractivity contribution in [3.8, 4) is 11.3 Å². The maximum atomic E-state index is 13.0. The highest BCUT2D eigenvalue weighted by molar-refractivity contribution is 6.53. The van der Waals surface area contributed by atoms with Crippen molar-refractivity contribution in [1.82, 2.24) is 4.90 Å². The number of fused-ring (bicyclic) bond motifs is 5. The van der Waals surface area contributed by atoms with Crippen LogP contribution in [0.2, 0.25) is 0 Å². The second-order valence-corrected chi connectivity index (χ2v) is 7.45. The van der Waals surface area contributed by atoms with Crippen LogP contribution in [-0.2, 0) is 6.54 Å². The van der Waals surface area contributed by atoms with Gasteiger partial charge in [0.2, 0.25) is 11.6 Å². The van der Waals surface area contributed by atoms with Gasteiger partial charge >= 0.3 is 0 Å². The van der Waals surface area contributed by atoms with E-state index in [1.54, 1.807) is 0 Å². The summed E-state index contributed by atoms with van der Waals surface area (Å²) in [6, 6.07) is 3.94. The molecule has 140 valence electrons. The van der Waals surface area contributed by atoms with Crippen molar-refractivity contribution in [1.29, 1.82) is 0 Å². The predicted octanol–water partition coefficient (Wildman–Crippen LogP) is 1.80. The van der Waals surface area contributed by atoms with Gasteiger partial charge in [-0.05, 0) is 50.2 Å². The lowest BCUT2D eigenvalue weighted by Crippen LogP contribution is -2.38. The third kappa shape index (κ3) is 2.69. The van der Waals surface area contributed by atoms with Crippen molar-refractivity contribution in [2.24, 2.45) is 0 Å². The Morgan fingerprint density at radius 3 is 2.63 bits per heavy atom. The van der Waals surface area contributed by atoms with E-state index in [1.807, 2.05) is 31.0 Å². The number of nitrogens with zero attached hydrogens (tertiary/aromatic N) is 1. The average molecular weight is 365 g/mol. The molecule has 0 saturated carbocycles. The van der Waals surface area contributed by atoms with Crippen LogP contribution in [0.4, 0.5) is 0 Å². The Bertz CT molecular complexity index is 1090. The van der Waals surface area contributed by atoms with E-state index in [9.17, 15) is 9.59 Å². The summed E-state index contributed by atoms with van der Waals surface area (Å²) in [5.41, 5.74) is 3.52. The molecule has 0 radical (unpaired) electrons. The first kappa shape index (κ1) is 17.9. The van der Waals surface area contributed by atoms with Crippen LogP contribution in [-0.4, -0.2) is 41.8 Å². The van der Waals surface area contributed by atoms with Gasteiger partial charge in [0, 0.05) is 23.2 Å². The molecular weight excluding hydrogens is 342 g/mol. The minimum absolute atomic E-state index is 0.0496. The van der Waals surface area contributed by atoms with Crippen LogP contribution in [0.5, 0.6) is 0 Å². The topological polar surface area (TPSA) is 70.8 Å². The molecule has 1 N–H and O–H groups in total. The summed E-state index contributed by atoms with van der Waals surface area (Å²) in [6.07, 6.45) is 3.90. The van der Waals surface area contributed by atoms with Crippen molar-refractivity contribution in [3.05, 3.63) is 45.0 Å². The second kappa shape index (κ2) is 6.59. The second-order valence-electron chi connectivity index (χ2n) is 7.45. The molecule has 1 heterocycles. The number of Topliss-reactive ketones (excluding diaryl/α,β-unsaturated/α-hetero) is 2. The van der Waals surface area contributed by atoms with E-state index in [-0.39, 0.29) is 6.61 Å². The number of benzene rings is 1. The summed E-state index contributed by atoms with van der Waals surface area (Å²) in [4.78, 5) is 27.8. The maximum Gasteiger partial charge on any atom is 0.237 e. The molecule has 2 aromatic rings. The lowest BCUT2D eigenvalue weighted by molar-refractivity contribution is 0.0813. The zero-order valence-electron chi connectivity index (χ0n) is 15.9. The first-order chi connectivity index (χ1) is 12.9. The molecule has 0 amide bonds. The number of likely N-dealkylation sites (N-methyl/N-ethyl adjacent to an activating group) is 1. The molecule has 0 spiro atoms. The summed E-state index contributed by atoms with van der Waals surface area (Å²) in [6.45, 7) is 4.92. The van der Waals surface area contributed by atoms with E-state index in [4.69, 9.17) is 9.52 Å². The molecule has 0 aliphatic heterocycles. The SMILES string of the molecule is CC1=c2ccc3c(c2=CCC1)C(=O)C(=O)c1c-3oc(CN(C)CCO)c1C. The third-order valence-corrected chi connectivity index (χ3v) is 5.62. The Labute approximate surface area is 157 Å². The number of hydrogen-bond acceptors (Lipinski definition) is 5. The Morgan fingerprint density at radius 1 is 1.15 bits per heavy atom. The van der Waals surface area contributed by atoms with Crippen molar-refractivity contribution in [2.45, 2.75) is 33.2 Å². The highest BCUT2D eigenvalue weighted by Gasteiger charge is 2.37. The lowest BCUT2D eigenvalue weighted by atomic mass is 9.83. The highest BCUT2D eigenvalue weighted by atomic mass is 16.3. The Balaban J connectivity index is 1.94. The highest BCUT2D eigenvalue weighted by Crippen LogP contribution is 2.37. The molecule has 5 heteroatoms. The van der Waals surface area contributed by atoms with Gasteiger partial charge in [-0.25, -0.2) is 0 Å². The first-order valence-corrected chi connectivity index (χ1v) is 9.28. The molecule has 0 saturated heterocycles. The van der Waals surface area contributed by atoms with Crippen LogP contribution in [0.25, 0.3) is 23.0 Å². The molecule has 0 fully saturated rings. The molecule has 2 aliphatic carbocycles. The number of rotatable bonds is 4. The standard InChI is InChI=1S/C22H23NO4/c1-12-5-4-6-15-14(12)7-8-16-19(15)21(26)20(25)18-13(2)17(27-22(16)18)11-23(3)9-10-24/h6-8,24H,4-5,9-11H2,1-3H3. The van der Waals surface area contributed by atoms with Gasteiger partial charge in [-0.2, -0.15) is 0 Å². The zero-order valence-corrected chi connectivity index (χ0v) is 15.9. The summed E-state index contributed by atoms with van der Waals surface area (Å²) in [7, 11) is 1.88.